The molecule has 0 bridgehead atoms. The highest BCUT2D eigenvalue weighted by molar-refractivity contribution is 6.04. The molecule has 0 fully saturated rings. The summed E-state index contributed by atoms with van der Waals surface area (Å²) in [6.07, 6.45) is 0.432. The van der Waals surface area contributed by atoms with Crippen LogP contribution in [0.2, 0.25) is 0 Å². The zero-order valence-corrected chi connectivity index (χ0v) is 20.3. The maximum Gasteiger partial charge on any atom is 0.255 e. The molecule has 0 aromatic heterocycles. The van der Waals surface area contributed by atoms with E-state index in [1.807, 2.05) is 56.3 Å². The van der Waals surface area contributed by atoms with Crippen LogP contribution < -0.4 is 5.32 Å². The van der Waals surface area contributed by atoms with E-state index >= 15 is 0 Å². The molecule has 0 aliphatic heterocycles. The van der Waals surface area contributed by atoms with Gasteiger partial charge in [-0.3, -0.25) is 14.5 Å². The Balaban J connectivity index is 1.64. The average molecular weight is 457 g/mol. The summed E-state index contributed by atoms with van der Waals surface area (Å²) in [6, 6.07) is 20.2. The molecule has 1 amide bonds. The maximum atomic E-state index is 12.5. The summed E-state index contributed by atoms with van der Waals surface area (Å²) in [7, 11) is 0. The lowest BCUT2D eigenvalue weighted by molar-refractivity contribution is -0.119. The SMILES string of the molecule is CCN(CC)CC(=O)Cc1c(C)cc(N=Nc2ccc(NC(=O)c3ccccc3)cc2)cc1C. The van der Waals surface area contributed by atoms with Crippen molar-refractivity contribution in [1.29, 1.82) is 0 Å². The van der Waals surface area contributed by atoms with E-state index in [9.17, 15) is 9.59 Å². The van der Waals surface area contributed by atoms with Gasteiger partial charge in [0, 0.05) is 17.7 Å². The predicted molar refractivity (Wildman–Crippen MR) is 137 cm³/mol. The van der Waals surface area contributed by atoms with Gasteiger partial charge in [0.15, 0.2) is 5.78 Å². The first-order chi connectivity index (χ1) is 16.4. The Bertz CT molecular complexity index is 1130. The van der Waals surface area contributed by atoms with E-state index in [-0.39, 0.29) is 11.7 Å². The topological polar surface area (TPSA) is 74.1 Å². The normalized spacial score (nSPS) is 11.2. The monoisotopic (exact) mass is 456 g/mol. The second kappa shape index (κ2) is 12.0. The number of rotatable bonds is 10. The number of Topliss-reactive ketones (excluding diaryl/α,β-unsaturated/α-hetero) is 1. The summed E-state index contributed by atoms with van der Waals surface area (Å²) < 4.78 is 0. The van der Waals surface area contributed by atoms with E-state index in [4.69, 9.17) is 0 Å². The van der Waals surface area contributed by atoms with Gasteiger partial charge in [0.05, 0.1) is 17.9 Å². The van der Waals surface area contributed by atoms with Crippen LogP contribution in [0.25, 0.3) is 0 Å². The fourth-order valence-electron chi connectivity index (χ4n) is 3.78. The molecule has 0 aliphatic rings. The third-order valence-electron chi connectivity index (χ3n) is 5.79. The van der Waals surface area contributed by atoms with Crippen molar-refractivity contribution in [2.24, 2.45) is 10.2 Å². The summed E-state index contributed by atoms with van der Waals surface area (Å²) in [6.45, 7) is 10.4. The van der Waals surface area contributed by atoms with E-state index < -0.39 is 0 Å². The largest absolute Gasteiger partial charge is 0.322 e. The van der Waals surface area contributed by atoms with Crippen molar-refractivity contribution in [2.75, 3.05) is 25.0 Å². The molecule has 0 saturated carbocycles. The van der Waals surface area contributed by atoms with E-state index in [1.54, 1.807) is 24.3 Å². The van der Waals surface area contributed by atoms with Crippen LogP contribution in [0.3, 0.4) is 0 Å². The van der Waals surface area contributed by atoms with Crippen LogP contribution in [-0.2, 0) is 11.2 Å². The Morgan fingerprint density at radius 1 is 0.824 bits per heavy atom. The number of azo groups is 1. The number of hydrogen-bond donors (Lipinski definition) is 1. The first-order valence-corrected chi connectivity index (χ1v) is 11.6. The van der Waals surface area contributed by atoms with Crippen LogP contribution in [-0.4, -0.2) is 36.2 Å². The Hall–Kier alpha value is -3.64. The standard InChI is InChI=1S/C28H32N4O2/c1-5-32(6-2)19-26(33)18-27-20(3)16-25(17-21(27)4)31-30-24-14-12-23(13-15-24)29-28(34)22-10-8-7-9-11-22/h7-17H,5-6,18-19H2,1-4H3,(H,29,34). The lowest BCUT2D eigenvalue weighted by atomic mass is 9.97. The van der Waals surface area contributed by atoms with E-state index in [2.05, 4.69) is 34.3 Å². The minimum Gasteiger partial charge on any atom is -0.322 e. The Labute approximate surface area is 201 Å². The number of amides is 1. The number of aryl methyl sites for hydroxylation is 2. The van der Waals surface area contributed by atoms with Gasteiger partial charge in [0.25, 0.3) is 5.91 Å². The lowest BCUT2D eigenvalue weighted by Gasteiger charge is -2.17. The zero-order chi connectivity index (χ0) is 24.5. The second-order valence-electron chi connectivity index (χ2n) is 8.30. The van der Waals surface area contributed by atoms with Crippen LogP contribution in [0, 0.1) is 13.8 Å². The Kier molecular flexibility index (Phi) is 8.82. The fraction of sp³-hybridized carbons (Fsp3) is 0.286. The van der Waals surface area contributed by atoms with Crippen molar-refractivity contribution in [3.05, 3.63) is 89.0 Å². The van der Waals surface area contributed by atoms with Crippen molar-refractivity contribution in [3.63, 3.8) is 0 Å². The number of likely N-dealkylation sites (N-methyl/N-ethyl adjacent to an activating group) is 1. The second-order valence-corrected chi connectivity index (χ2v) is 8.30. The van der Waals surface area contributed by atoms with Crippen LogP contribution >= 0.6 is 0 Å². The number of nitrogens with one attached hydrogen (secondary N) is 1. The molecule has 3 rings (SSSR count). The number of benzene rings is 3. The van der Waals surface area contributed by atoms with E-state index in [1.165, 1.54) is 0 Å². The molecule has 3 aromatic rings. The minimum atomic E-state index is -0.156. The van der Waals surface area contributed by atoms with Crippen LogP contribution in [0.1, 0.15) is 40.9 Å². The molecule has 0 spiro atoms. The molecule has 3 aromatic carbocycles. The number of hydrogen-bond acceptors (Lipinski definition) is 5. The predicted octanol–water partition coefficient (Wildman–Crippen LogP) is 6.42. The van der Waals surface area contributed by atoms with Crippen molar-refractivity contribution in [1.82, 2.24) is 4.90 Å². The average Bonchev–Trinajstić information content (AvgIpc) is 2.85. The molecule has 0 saturated heterocycles. The van der Waals surface area contributed by atoms with Gasteiger partial charge >= 0.3 is 0 Å². The molecular weight excluding hydrogens is 424 g/mol. The first-order valence-electron chi connectivity index (χ1n) is 11.6. The van der Waals surface area contributed by atoms with E-state index in [0.29, 0.717) is 29.9 Å². The summed E-state index contributed by atoms with van der Waals surface area (Å²) in [4.78, 5) is 26.9. The minimum absolute atomic E-state index is 0.156. The van der Waals surface area contributed by atoms with Gasteiger partial charge < -0.3 is 5.32 Å². The maximum absolute atomic E-state index is 12.5. The van der Waals surface area contributed by atoms with Crippen molar-refractivity contribution < 1.29 is 9.59 Å². The highest BCUT2D eigenvalue weighted by Gasteiger charge is 2.13. The molecule has 0 unspecified atom stereocenters. The van der Waals surface area contributed by atoms with Gasteiger partial charge in [-0.2, -0.15) is 10.2 Å². The quantitative estimate of drug-likeness (QED) is 0.358. The Morgan fingerprint density at radius 2 is 1.41 bits per heavy atom. The molecule has 176 valence electrons. The number of anilines is 1. The highest BCUT2D eigenvalue weighted by Crippen LogP contribution is 2.25. The van der Waals surface area contributed by atoms with Crippen molar-refractivity contribution in [3.8, 4) is 0 Å². The van der Waals surface area contributed by atoms with Gasteiger partial charge in [0.2, 0.25) is 0 Å². The Morgan fingerprint density at radius 3 is 2.00 bits per heavy atom. The number of nitrogens with zero attached hydrogens (tertiary/aromatic N) is 3. The zero-order valence-electron chi connectivity index (χ0n) is 20.3. The third kappa shape index (κ3) is 6.93. The number of carbonyl (C=O) groups is 2. The molecule has 0 heterocycles. The molecule has 1 N–H and O–H groups in total. The number of ketones is 1. The van der Waals surface area contributed by atoms with Crippen LogP contribution in [0.5, 0.6) is 0 Å². The molecule has 6 heteroatoms. The molecule has 0 aliphatic carbocycles. The van der Waals surface area contributed by atoms with Crippen LogP contribution in [0.15, 0.2) is 77.0 Å². The van der Waals surface area contributed by atoms with Gasteiger partial charge in [-0.05, 0) is 92.2 Å². The smallest absolute Gasteiger partial charge is 0.255 e. The van der Waals surface area contributed by atoms with Crippen molar-refractivity contribution in [2.45, 2.75) is 34.1 Å². The molecular formula is C28H32N4O2. The summed E-state index contributed by atoms with van der Waals surface area (Å²) in [5.74, 6) is 0.0697. The number of carbonyl (C=O) groups excluding carboxylic acids is 2. The summed E-state index contributed by atoms with van der Waals surface area (Å²) in [5.41, 5.74) is 5.88. The van der Waals surface area contributed by atoms with E-state index in [0.717, 1.165) is 35.5 Å². The van der Waals surface area contributed by atoms with Crippen molar-refractivity contribution >= 4 is 28.8 Å². The first kappa shape index (κ1) is 25.0. The molecule has 0 atom stereocenters. The fourth-order valence-corrected chi connectivity index (χ4v) is 3.78. The molecule has 34 heavy (non-hydrogen) atoms. The van der Waals surface area contributed by atoms with Gasteiger partial charge in [-0.15, -0.1) is 0 Å². The van der Waals surface area contributed by atoms with Gasteiger partial charge in [-0.25, -0.2) is 0 Å². The van der Waals surface area contributed by atoms with Crippen LogP contribution in [0.4, 0.5) is 17.1 Å². The lowest BCUT2D eigenvalue weighted by Crippen LogP contribution is -2.30. The molecule has 0 radical (unpaired) electrons. The van der Waals surface area contributed by atoms with Gasteiger partial charge in [-0.1, -0.05) is 32.0 Å². The highest BCUT2D eigenvalue weighted by atomic mass is 16.1. The summed E-state index contributed by atoms with van der Waals surface area (Å²) in [5, 5.41) is 11.6. The van der Waals surface area contributed by atoms with Gasteiger partial charge in [0.1, 0.15) is 0 Å². The summed E-state index contributed by atoms with van der Waals surface area (Å²) >= 11 is 0. The third-order valence-corrected chi connectivity index (χ3v) is 5.79. The molecule has 6 nitrogen and oxygen atoms in total.